The van der Waals surface area contributed by atoms with Gasteiger partial charge in [-0.25, -0.2) is 4.39 Å². The summed E-state index contributed by atoms with van der Waals surface area (Å²) in [6.07, 6.45) is 1.78. The van der Waals surface area contributed by atoms with Crippen molar-refractivity contribution >= 4 is 16.9 Å². The Balaban J connectivity index is 2.11. The zero-order valence-corrected chi connectivity index (χ0v) is 11.1. The van der Waals surface area contributed by atoms with E-state index in [1.807, 2.05) is 7.05 Å². The van der Waals surface area contributed by atoms with Crippen LogP contribution in [0.5, 0.6) is 0 Å². The van der Waals surface area contributed by atoms with Crippen LogP contribution in [0.25, 0.3) is 11.0 Å². The molecule has 2 rings (SSSR count). The van der Waals surface area contributed by atoms with Crippen molar-refractivity contribution in [2.45, 2.75) is 6.42 Å². The lowest BCUT2D eigenvalue weighted by Crippen LogP contribution is -2.33. The van der Waals surface area contributed by atoms with E-state index < -0.39 is 0 Å². The minimum Gasteiger partial charge on any atom is -0.464 e. The fraction of sp³-hybridized carbons (Fsp3) is 0.357. The fourth-order valence-electron chi connectivity index (χ4n) is 1.90. The number of hydrogen-bond acceptors (Lipinski definition) is 3. The van der Waals surface area contributed by atoms with E-state index in [2.05, 4.69) is 5.32 Å². The highest BCUT2D eigenvalue weighted by atomic mass is 19.1. The first-order valence-corrected chi connectivity index (χ1v) is 6.16. The quantitative estimate of drug-likeness (QED) is 0.895. The van der Waals surface area contributed by atoms with Gasteiger partial charge in [-0.3, -0.25) is 4.79 Å². The van der Waals surface area contributed by atoms with Gasteiger partial charge in [0.25, 0.3) is 0 Å². The van der Waals surface area contributed by atoms with Crippen LogP contribution in [0.3, 0.4) is 0 Å². The highest BCUT2D eigenvalue weighted by Crippen LogP contribution is 2.22. The van der Waals surface area contributed by atoms with Crippen molar-refractivity contribution in [2.24, 2.45) is 0 Å². The van der Waals surface area contributed by atoms with E-state index >= 15 is 0 Å². The molecule has 0 aliphatic rings. The maximum atomic E-state index is 13.0. The van der Waals surface area contributed by atoms with E-state index in [-0.39, 0.29) is 18.1 Å². The molecular weight excluding hydrogens is 247 g/mol. The molecule has 1 amide bonds. The number of nitrogens with one attached hydrogen (secondary N) is 1. The molecule has 0 aliphatic carbocycles. The van der Waals surface area contributed by atoms with Gasteiger partial charge in [-0.2, -0.15) is 0 Å². The SMILES string of the molecule is CNCCN(C)C(=O)Cc1coc2cc(F)ccc12. The first kappa shape index (κ1) is 13.5. The molecule has 1 heterocycles. The Labute approximate surface area is 111 Å². The highest BCUT2D eigenvalue weighted by Gasteiger charge is 2.13. The third-order valence-corrected chi connectivity index (χ3v) is 3.08. The third-order valence-electron chi connectivity index (χ3n) is 3.08. The number of carbonyl (C=O) groups is 1. The molecule has 19 heavy (non-hydrogen) atoms. The fourth-order valence-corrected chi connectivity index (χ4v) is 1.90. The molecule has 0 atom stereocenters. The summed E-state index contributed by atoms with van der Waals surface area (Å²) in [5.41, 5.74) is 1.26. The molecule has 5 heteroatoms. The first-order chi connectivity index (χ1) is 9.11. The second-order valence-electron chi connectivity index (χ2n) is 4.50. The summed E-state index contributed by atoms with van der Waals surface area (Å²) in [5, 5.41) is 3.78. The van der Waals surface area contributed by atoms with Crippen molar-refractivity contribution in [3.05, 3.63) is 35.8 Å². The number of hydrogen-bond donors (Lipinski definition) is 1. The topological polar surface area (TPSA) is 45.5 Å². The molecule has 0 bridgehead atoms. The third kappa shape index (κ3) is 3.12. The van der Waals surface area contributed by atoms with Crippen molar-refractivity contribution in [3.63, 3.8) is 0 Å². The van der Waals surface area contributed by atoms with Crippen LogP contribution in [0.4, 0.5) is 4.39 Å². The Kier molecular flexibility index (Phi) is 4.16. The smallest absolute Gasteiger partial charge is 0.226 e. The number of rotatable bonds is 5. The second-order valence-corrected chi connectivity index (χ2v) is 4.50. The van der Waals surface area contributed by atoms with Crippen LogP contribution in [0.15, 0.2) is 28.9 Å². The lowest BCUT2D eigenvalue weighted by molar-refractivity contribution is -0.129. The van der Waals surface area contributed by atoms with E-state index in [0.717, 1.165) is 17.5 Å². The van der Waals surface area contributed by atoms with Crippen LogP contribution < -0.4 is 5.32 Å². The molecule has 0 spiro atoms. The average Bonchev–Trinajstić information content (AvgIpc) is 2.78. The minimum atomic E-state index is -0.342. The van der Waals surface area contributed by atoms with Gasteiger partial charge in [-0.1, -0.05) is 0 Å². The van der Waals surface area contributed by atoms with E-state index in [4.69, 9.17) is 4.42 Å². The van der Waals surface area contributed by atoms with Gasteiger partial charge in [0.05, 0.1) is 12.7 Å². The molecule has 1 N–H and O–H groups in total. The number of amides is 1. The predicted molar refractivity (Wildman–Crippen MR) is 71.4 cm³/mol. The molecule has 0 radical (unpaired) electrons. The molecular formula is C14H17FN2O2. The van der Waals surface area contributed by atoms with E-state index in [1.54, 1.807) is 18.0 Å². The lowest BCUT2D eigenvalue weighted by Gasteiger charge is -2.16. The van der Waals surface area contributed by atoms with Crippen LogP contribution in [0.1, 0.15) is 5.56 Å². The standard InChI is InChI=1S/C14H17FN2O2/c1-16-5-6-17(2)14(18)7-10-9-19-13-8-11(15)3-4-12(10)13/h3-4,8-9,16H,5-7H2,1-2H3. The first-order valence-electron chi connectivity index (χ1n) is 6.16. The zero-order chi connectivity index (χ0) is 13.8. The number of furan rings is 1. The van der Waals surface area contributed by atoms with Gasteiger partial charge in [0, 0.05) is 37.2 Å². The maximum absolute atomic E-state index is 13.0. The van der Waals surface area contributed by atoms with Crippen molar-refractivity contribution in [1.82, 2.24) is 10.2 Å². The van der Waals surface area contributed by atoms with Crippen molar-refractivity contribution in [3.8, 4) is 0 Å². The van der Waals surface area contributed by atoms with Gasteiger partial charge in [-0.15, -0.1) is 0 Å². The predicted octanol–water partition coefficient (Wildman–Crippen LogP) is 1.79. The van der Waals surface area contributed by atoms with Crippen LogP contribution in [0, 0.1) is 5.82 Å². The summed E-state index contributed by atoms with van der Waals surface area (Å²) in [5.74, 6) is -0.326. The monoisotopic (exact) mass is 264 g/mol. The number of fused-ring (bicyclic) bond motifs is 1. The van der Waals surface area contributed by atoms with E-state index in [9.17, 15) is 9.18 Å². The number of benzene rings is 1. The van der Waals surface area contributed by atoms with Gasteiger partial charge in [0.15, 0.2) is 0 Å². The summed E-state index contributed by atoms with van der Waals surface area (Å²) in [7, 11) is 3.61. The number of halogens is 1. The summed E-state index contributed by atoms with van der Waals surface area (Å²) in [6, 6.07) is 4.34. The Morgan fingerprint density at radius 3 is 3.00 bits per heavy atom. The maximum Gasteiger partial charge on any atom is 0.226 e. The zero-order valence-electron chi connectivity index (χ0n) is 11.1. The van der Waals surface area contributed by atoms with E-state index in [0.29, 0.717) is 12.1 Å². The van der Waals surface area contributed by atoms with Gasteiger partial charge >= 0.3 is 0 Å². The molecule has 1 aromatic carbocycles. The number of likely N-dealkylation sites (N-methyl/N-ethyl adjacent to an activating group) is 2. The van der Waals surface area contributed by atoms with Crippen molar-refractivity contribution < 1.29 is 13.6 Å². The largest absolute Gasteiger partial charge is 0.464 e. The van der Waals surface area contributed by atoms with Gasteiger partial charge in [0.1, 0.15) is 11.4 Å². The summed E-state index contributed by atoms with van der Waals surface area (Å²) in [4.78, 5) is 13.7. The Bertz CT molecular complexity index is 580. The molecule has 0 saturated carbocycles. The normalized spacial score (nSPS) is 10.9. The van der Waals surface area contributed by atoms with Crippen LogP contribution in [-0.2, 0) is 11.2 Å². The Morgan fingerprint density at radius 1 is 1.47 bits per heavy atom. The minimum absolute atomic E-state index is 0.0160. The number of carbonyl (C=O) groups excluding carboxylic acids is 1. The molecule has 0 fully saturated rings. The molecule has 0 aliphatic heterocycles. The summed E-state index contributed by atoms with van der Waals surface area (Å²) < 4.78 is 18.3. The highest BCUT2D eigenvalue weighted by molar-refractivity contribution is 5.87. The van der Waals surface area contributed by atoms with Gasteiger partial charge < -0.3 is 14.6 Å². The van der Waals surface area contributed by atoms with Crippen molar-refractivity contribution in [2.75, 3.05) is 27.2 Å². The molecule has 2 aromatic rings. The van der Waals surface area contributed by atoms with Crippen LogP contribution >= 0.6 is 0 Å². The van der Waals surface area contributed by atoms with Crippen molar-refractivity contribution in [1.29, 1.82) is 0 Å². The Hall–Kier alpha value is -1.88. The molecule has 4 nitrogen and oxygen atoms in total. The lowest BCUT2D eigenvalue weighted by atomic mass is 10.1. The van der Waals surface area contributed by atoms with Gasteiger partial charge in [-0.05, 0) is 19.2 Å². The molecule has 0 saturated heterocycles. The molecule has 0 unspecified atom stereocenters. The number of nitrogens with zero attached hydrogens (tertiary/aromatic N) is 1. The molecule has 102 valence electrons. The second kappa shape index (κ2) is 5.84. The van der Waals surface area contributed by atoms with Gasteiger partial charge in [0.2, 0.25) is 5.91 Å². The summed E-state index contributed by atoms with van der Waals surface area (Å²) in [6.45, 7) is 1.40. The van der Waals surface area contributed by atoms with Crippen LogP contribution in [-0.4, -0.2) is 38.0 Å². The molecule has 1 aromatic heterocycles. The average molecular weight is 264 g/mol. The van der Waals surface area contributed by atoms with E-state index in [1.165, 1.54) is 18.4 Å². The summed E-state index contributed by atoms with van der Waals surface area (Å²) >= 11 is 0. The Morgan fingerprint density at radius 2 is 2.26 bits per heavy atom. The van der Waals surface area contributed by atoms with Crippen LogP contribution in [0.2, 0.25) is 0 Å².